The van der Waals surface area contributed by atoms with E-state index < -0.39 is 0 Å². The smallest absolute Gasteiger partial charge is 0.258 e. The van der Waals surface area contributed by atoms with Crippen molar-refractivity contribution in [1.29, 1.82) is 0 Å². The minimum Gasteiger partial charge on any atom is -0.324 e. The number of anilines is 1. The number of pyridine rings is 1. The van der Waals surface area contributed by atoms with Gasteiger partial charge in [0.1, 0.15) is 0 Å². The molecule has 5 rings (SSSR count). The van der Waals surface area contributed by atoms with Crippen molar-refractivity contribution < 1.29 is 4.79 Å². The summed E-state index contributed by atoms with van der Waals surface area (Å²) < 4.78 is 0.957. The van der Waals surface area contributed by atoms with Crippen LogP contribution in [0.5, 0.6) is 0 Å². The van der Waals surface area contributed by atoms with E-state index >= 15 is 0 Å². The number of imidazole rings is 1. The SMILES string of the molecule is O=C(Nc1nc2ccccc2[nH]1)c1cc(-c2cccc(Br)c2)nc2ccccc12. The third-order valence-corrected chi connectivity index (χ3v) is 5.20. The van der Waals surface area contributed by atoms with Crippen LogP contribution in [0, 0.1) is 0 Å². The quantitative estimate of drug-likeness (QED) is 0.371. The number of nitrogens with one attached hydrogen (secondary N) is 2. The van der Waals surface area contributed by atoms with E-state index in [-0.39, 0.29) is 5.91 Å². The highest BCUT2D eigenvalue weighted by molar-refractivity contribution is 9.10. The van der Waals surface area contributed by atoms with E-state index in [4.69, 9.17) is 4.98 Å². The van der Waals surface area contributed by atoms with Gasteiger partial charge in [0.2, 0.25) is 5.95 Å². The van der Waals surface area contributed by atoms with Crippen molar-refractivity contribution in [3.05, 3.63) is 88.9 Å². The van der Waals surface area contributed by atoms with Gasteiger partial charge in [0.25, 0.3) is 5.91 Å². The number of aromatic amines is 1. The minimum absolute atomic E-state index is 0.237. The Bertz CT molecular complexity index is 1340. The van der Waals surface area contributed by atoms with Gasteiger partial charge in [-0.05, 0) is 36.4 Å². The fraction of sp³-hybridized carbons (Fsp3) is 0. The third-order valence-electron chi connectivity index (χ3n) is 4.70. The molecule has 3 aromatic carbocycles. The van der Waals surface area contributed by atoms with Gasteiger partial charge in [0.15, 0.2) is 0 Å². The van der Waals surface area contributed by atoms with Gasteiger partial charge in [-0.15, -0.1) is 0 Å². The van der Waals surface area contributed by atoms with Crippen molar-refractivity contribution >= 4 is 49.7 Å². The number of benzene rings is 3. The summed E-state index contributed by atoms with van der Waals surface area (Å²) in [5, 5.41) is 3.68. The van der Waals surface area contributed by atoms with Crippen LogP contribution < -0.4 is 5.32 Å². The molecule has 2 N–H and O–H groups in total. The fourth-order valence-corrected chi connectivity index (χ4v) is 3.75. The van der Waals surface area contributed by atoms with Gasteiger partial charge in [-0.1, -0.05) is 58.4 Å². The van der Waals surface area contributed by atoms with Gasteiger partial charge in [-0.25, -0.2) is 9.97 Å². The number of amides is 1. The van der Waals surface area contributed by atoms with E-state index in [2.05, 4.69) is 31.2 Å². The lowest BCUT2D eigenvalue weighted by molar-refractivity contribution is 0.102. The lowest BCUT2D eigenvalue weighted by Crippen LogP contribution is -2.14. The Morgan fingerprint density at radius 2 is 1.66 bits per heavy atom. The van der Waals surface area contributed by atoms with Crippen molar-refractivity contribution in [3.8, 4) is 11.3 Å². The van der Waals surface area contributed by atoms with Gasteiger partial charge in [-0.3, -0.25) is 10.1 Å². The maximum Gasteiger partial charge on any atom is 0.258 e. The lowest BCUT2D eigenvalue weighted by Gasteiger charge is -2.10. The molecular formula is C23H15BrN4O. The standard InChI is InChI=1S/C23H15BrN4O/c24-15-7-5-6-14(12-15)21-13-17(16-8-1-2-9-18(16)25-21)22(29)28-23-26-19-10-3-4-11-20(19)27-23/h1-13H,(H2,26,27,28,29). The summed E-state index contributed by atoms with van der Waals surface area (Å²) >= 11 is 3.50. The number of carbonyl (C=O) groups excluding carboxylic acids is 1. The second-order valence-corrected chi connectivity index (χ2v) is 7.55. The molecule has 1 amide bonds. The Kier molecular flexibility index (Phi) is 4.33. The molecule has 140 valence electrons. The molecule has 0 aliphatic rings. The van der Waals surface area contributed by atoms with Crippen molar-refractivity contribution in [2.24, 2.45) is 0 Å². The Balaban J connectivity index is 1.59. The molecule has 2 aromatic heterocycles. The van der Waals surface area contributed by atoms with Crippen LogP contribution in [-0.2, 0) is 0 Å². The molecule has 0 radical (unpaired) electrons. The summed E-state index contributed by atoms with van der Waals surface area (Å²) in [5.74, 6) is 0.181. The number of rotatable bonds is 3. The molecule has 0 fully saturated rings. The highest BCUT2D eigenvalue weighted by Crippen LogP contribution is 2.27. The number of hydrogen-bond acceptors (Lipinski definition) is 3. The summed E-state index contributed by atoms with van der Waals surface area (Å²) in [4.78, 5) is 25.5. The molecule has 0 unspecified atom stereocenters. The van der Waals surface area contributed by atoms with E-state index in [0.29, 0.717) is 11.5 Å². The summed E-state index contributed by atoms with van der Waals surface area (Å²) in [6, 6.07) is 25.0. The molecule has 29 heavy (non-hydrogen) atoms. The maximum atomic E-state index is 13.1. The van der Waals surface area contributed by atoms with Gasteiger partial charge in [0.05, 0.1) is 27.8 Å². The van der Waals surface area contributed by atoms with E-state index in [1.807, 2.05) is 78.9 Å². The highest BCUT2D eigenvalue weighted by Gasteiger charge is 2.15. The summed E-state index contributed by atoms with van der Waals surface area (Å²) in [6.45, 7) is 0. The number of hydrogen-bond donors (Lipinski definition) is 2. The van der Waals surface area contributed by atoms with Gasteiger partial charge in [0, 0.05) is 15.4 Å². The second-order valence-electron chi connectivity index (χ2n) is 6.64. The number of aromatic nitrogens is 3. The Hall–Kier alpha value is -3.51. The van der Waals surface area contributed by atoms with E-state index in [9.17, 15) is 4.79 Å². The van der Waals surface area contributed by atoms with Crippen molar-refractivity contribution in [1.82, 2.24) is 15.0 Å². The monoisotopic (exact) mass is 442 g/mol. The van der Waals surface area contributed by atoms with Crippen LogP contribution in [-0.4, -0.2) is 20.9 Å². The number of halogens is 1. The molecule has 0 saturated heterocycles. The first-order valence-corrected chi connectivity index (χ1v) is 9.88. The van der Waals surface area contributed by atoms with E-state index in [1.54, 1.807) is 0 Å². The van der Waals surface area contributed by atoms with Crippen LogP contribution in [0.25, 0.3) is 33.2 Å². The fourth-order valence-electron chi connectivity index (χ4n) is 3.35. The summed E-state index contributed by atoms with van der Waals surface area (Å²) in [6.07, 6.45) is 0. The third kappa shape index (κ3) is 3.39. The number of H-pyrrole nitrogens is 1. The summed E-state index contributed by atoms with van der Waals surface area (Å²) in [5.41, 5.74) is 4.66. The summed E-state index contributed by atoms with van der Waals surface area (Å²) in [7, 11) is 0. The predicted octanol–water partition coefficient (Wildman–Crippen LogP) is 5.79. The number of carbonyl (C=O) groups is 1. The first kappa shape index (κ1) is 17.6. The maximum absolute atomic E-state index is 13.1. The Morgan fingerprint density at radius 3 is 2.48 bits per heavy atom. The van der Waals surface area contributed by atoms with Crippen LogP contribution in [0.4, 0.5) is 5.95 Å². The van der Waals surface area contributed by atoms with Crippen LogP contribution in [0.3, 0.4) is 0 Å². The van der Waals surface area contributed by atoms with Crippen molar-refractivity contribution in [2.75, 3.05) is 5.32 Å². The molecule has 0 bridgehead atoms. The number of para-hydroxylation sites is 3. The molecule has 0 saturated carbocycles. The zero-order chi connectivity index (χ0) is 19.8. The number of nitrogens with zero attached hydrogens (tertiary/aromatic N) is 2. The highest BCUT2D eigenvalue weighted by atomic mass is 79.9. The first-order valence-electron chi connectivity index (χ1n) is 9.09. The van der Waals surface area contributed by atoms with Crippen molar-refractivity contribution in [2.45, 2.75) is 0 Å². The molecular weight excluding hydrogens is 428 g/mol. The molecule has 0 atom stereocenters. The molecule has 5 aromatic rings. The predicted molar refractivity (Wildman–Crippen MR) is 119 cm³/mol. The topological polar surface area (TPSA) is 70.7 Å². The number of fused-ring (bicyclic) bond motifs is 2. The second kappa shape index (κ2) is 7.14. The van der Waals surface area contributed by atoms with Crippen molar-refractivity contribution in [3.63, 3.8) is 0 Å². The van der Waals surface area contributed by atoms with E-state index in [1.165, 1.54) is 0 Å². The first-order chi connectivity index (χ1) is 14.2. The molecule has 0 aliphatic carbocycles. The molecule has 0 aliphatic heterocycles. The van der Waals surface area contributed by atoms with Crippen LogP contribution in [0.2, 0.25) is 0 Å². The molecule has 0 spiro atoms. The zero-order valence-corrected chi connectivity index (χ0v) is 16.8. The zero-order valence-electron chi connectivity index (χ0n) is 15.2. The Morgan fingerprint density at radius 1 is 0.862 bits per heavy atom. The van der Waals surface area contributed by atoms with Crippen LogP contribution >= 0.6 is 15.9 Å². The van der Waals surface area contributed by atoms with Crippen LogP contribution in [0.1, 0.15) is 10.4 Å². The average Bonchev–Trinajstić information content (AvgIpc) is 3.15. The van der Waals surface area contributed by atoms with Gasteiger partial charge in [-0.2, -0.15) is 0 Å². The molecule has 2 heterocycles. The van der Waals surface area contributed by atoms with Gasteiger partial charge >= 0.3 is 0 Å². The molecule has 5 nitrogen and oxygen atoms in total. The van der Waals surface area contributed by atoms with E-state index in [0.717, 1.165) is 37.7 Å². The van der Waals surface area contributed by atoms with Crippen LogP contribution in [0.15, 0.2) is 83.3 Å². The Labute approximate surface area is 175 Å². The normalized spacial score (nSPS) is 11.1. The largest absolute Gasteiger partial charge is 0.324 e. The van der Waals surface area contributed by atoms with Gasteiger partial charge < -0.3 is 4.98 Å². The molecule has 6 heteroatoms. The average molecular weight is 443 g/mol. The minimum atomic E-state index is -0.237. The lowest BCUT2D eigenvalue weighted by atomic mass is 10.0.